The molecule has 2 rings (SSSR count). The Morgan fingerprint density at radius 3 is 2.76 bits per heavy atom. The van der Waals surface area contributed by atoms with E-state index in [-0.39, 0.29) is 17.1 Å². The average molecular weight is 301 g/mol. The molecular weight excluding hydrogens is 287 g/mol. The Bertz CT molecular complexity index is 446. The molecule has 0 bridgehead atoms. The Hall–Kier alpha value is -1.10. The van der Waals surface area contributed by atoms with Gasteiger partial charge in [-0.3, -0.25) is 5.41 Å². The predicted octanol–water partition coefficient (Wildman–Crippen LogP) is 3.07. The van der Waals surface area contributed by atoms with Crippen LogP contribution in [0.2, 0.25) is 0 Å². The largest absolute Gasteiger partial charge is 0.493 e. The van der Waals surface area contributed by atoms with Gasteiger partial charge in [-0.15, -0.1) is 0 Å². The zero-order valence-electron chi connectivity index (χ0n) is 9.30. The first-order valence-electron chi connectivity index (χ1n) is 5.42. The van der Waals surface area contributed by atoms with Crippen LogP contribution in [0.4, 0.5) is 4.39 Å². The average Bonchev–Trinajstić information content (AvgIpc) is 2.99. The summed E-state index contributed by atoms with van der Waals surface area (Å²) in [6.07, 6.45) is 2.60. The molecule has 1 fully saturated rings. The monoisotopic (exact) mass is 300 g/mol. The zero-order chi connectivity index (χ0) is 12.5. The van der Waals surface area contributed by atoms with Gasteiger partial charge >= 0.3 is 0 Å². The maximum absolute atomic E-state index is 13.2. The third-order valence-corrected chi connectivity index (χ3v) is 3.60. The Morgan fingerprint density at radius 1 is 1.53 bits per heavy atom. The lowest BCUT2D eigenvalue weighted by Gasteiger charge is -2.15. The van der Waals surface area contributed by atoms with Crippen LogP contribution < -0.4 is 10.5 Å². The minimum Gasteiger partial charge on any atom is -0.493 e. The lowest BCUT2D eigenvalue weighted by molar-refractivity contribution is 0.237. The van der Waals surface area contributed by atoms with Crippen molar-refractivity contribution in [2.24, 2.45) is 11.1 Å². The van der Waals surface area contributed by atoms with E-state index in [9.17, 15) is 4.39 Å². The maximum Gasteiger partial charge on any atom is 0.141 e. The summed E-state index contributed by atoms with van der Waals surface area (Å²) >= 11 is 3.09. The van der Waals surface area contributed by atoms with E-state index in [4.69, 9.17) is 15.9 Å². The van der Waals surface area contributed by atoms with Crippen LogP contribution in [0.1, 0.15) is 19.3 Å². The van der Waals surface area contributed by atoms with Crippen molar-refractivity contribution in [3.05, 3.63) is 28.5 Å². The quantitative estimate of drug-likeness (QED) is 0.648. The van der Waals surface area contributed by atoms with Crippen LogP contribution in [-0.2, 0) is 0 Å². The standard InChI is InChI=1S/C12H14BrFN2O/c13-9-2-1-8(5-10(9)14)17-7-12(3-4-12)6-11(15)16/h1-2,5H,3-4,6-7H2,(H3,15,16). The Morgan fingerprint density at radius 2 is 2.24 bits per heavy atom. The Labute approximate surface area is 108 Å². The van der Waals surface area contributed by atoms with Gasteiger partial charge in [-0.1, -0.05) is 0 Å². The molecule has 0 amide bonds. The van der Waals surface area contributed by atoms with E-state index in [0.29, 0.717) is 23.2 Å². The molecule has 0 aromatic heterocycles. The number of ether oxygens (including phenoxy) is 1. The lowest BCUT2D eigenvalue weighted by atomic mass is 10.0. The molecule has 5 heteroatoms. The predicted molar refractivity (Wildman–Crippen MR) is 67.8 cm³/mol. The molecule has 0 radical (unpaired) electrons. The highest BCUT2D eigenvalue weighted by Gasteiger charge is 2.43. The van der Waals surface area contributed by atoms with Crippen molar-refractivity contribution in [3.63, 3.8) is 0 Å². The third kappa shape index (κ3) is 3.19. The van der Waals surface area contributed by atoms with E-state index in [2.05, 4.69) is 15.9 Å². The summed E-state index contributed by atoms with van der Waals surface area (Å²) in [6.45, 7) is 0.494. The van der Waals surface area contributed by atoms with Crippen LogP contribution in [0.3, 0.4) is 0 Å². The Kier molecular flexibility index (Phi) is 3.38. The van der Waals surface area contributed by atoms with Gasteiger partial charge < -0.3 is 10.5 Å². The molecule has 1 aliphatic rings. The molecule has 1 aliphatic carbocycles. The third-order valence-electron chi connectivity index (χ3n) is 2.96. The highest BCUT2D eigenvalue weighted by atomic mass is 79.9. The van der Waals surface area contributed by atoms with Crippen molar-refractivity contribution in [3.8, 4) is 5.75 Å². The van der Waals surface area contributed by atoms with Gasteiger partial charge in [-0.2, -0.15) is 0 Å². The highest BCUT2D eigenvalue weighted by molar-refractivity contribution is 9.10. The van der Waals surface area contributed by atoms with Crippen LogP contribution in [0.15, 0.2) is 22.7 Å². The van der Waals surface area contributed by atoms with Gasteiger partial charge in [0.25, 0.3) is 0 Å². The normalized spacial score (nSPS) is 16.6. The number of nitrogens with one attached hydrogen (secondary N) is 1. The van der Waals surface area contributed by atoms with E-state index in [1.807, 2.05) is 0 Å². The molecular formula is C12H14BrFN2O. The number of amidine groups is 1. The number of rotatable bonds is 5. The first-order chi connectivity index (χ1) is 8.01. The summed E-state index contributed by atoms with van der Waals surface area (Å²) in [6, 6.07) is 4.69. The number of halogens is 2. The Balaban J connectivity index is 1.94. The summed E-state index contributed by atoms with van der Waals surface area (Å²) in [5.41, 5.74) is 5.40. The number of hydrogen-bond acceptors (Lipinski definition) is 2. The van der Waals surface area contributed by atoms with Gasteiger partial charge in [0.15, 0.2) is 0 Å². The van der Waals surface area contributed by atoms with Gasteiger partial charge in [0.05, 0.1) is 16.9 Å². The topological polar surface area (TPSA) is 59.1 Å². The van der Waals surface area contributed by atoms with Crippen molar-refractivity contribution in [2.75, 3.05) is 6.61 Å². The fourth-order valence-electron chi connectivity index (χ4n) is 1.76. The molecule has 3 nitrogen and oxygen atoms in total. The van der Waals surface area contributed by atoms with Crippen LogP contribution in [-0.4, -0.2) is 12.4 Å². The second-order valence-electron chi connectivity index (χ2n) is 4.57. The second kappa shape index (κ2) is 4.64. The summed E-state index contributed by atoms with van der Waals surface area (Å²) in [7, 11) is 0. The summed E-state index contributed by atoms with van der Waals surface area (Å²) in [5.74, 6) is 0.368. The highest BCUT2D eigenvalue weighted by Crippen LogP contribution is 2.48. The van der Waals surface area contributed by atoms with Crippen molar-refractivity contribution >= 4 is 21.8 Å². The molecule has 92 valence electrons. The molecule has 1 saturated carbocycles. The van der Waals surface area contributed by atoms with E-state index in [1.165, 1.54) is 6.07 Å². The fraction of sp³-hybridized carbons (Fsp3) is 0.417. The SMILES string of the molecule is N=C(N)CC1(COc2ccc(Br)c(F)c2)CC1. The molecule has 1 aromatic carbocycles. The molecule has 0 spiro atoms. The van der Waals surface area contributed by atoms with Gasteiger partial charge in [0.2, 0.25) is 0 Å². The van der Waals surface area contributed by atoms with Gasteiger partial charge in [-0.25, -0.2) is 4.39 Å². The molecule has 0 saturated heterocycles. The van der Waals surface area contributed by atoms with Crippen LogP contribution in [0, 0.1) is 16.6 Å². The van der Waals surface area contributed by atoms with Crippen molar-refractivity contribution in [1.82, 2.24) is 0 Å². The summed E-state index contributed by atoms with van der Waals surface area (Å²) in [4.78, 5) is 0. The smallest absolute Gasteiger partial charge is 0.141 e. The fourth-order valence-corrected chi connectivity index (χ4v) is 2.00. The second-order valence-corrected chi connectivity index (χ2v) is 5.42. The van der Waals surface area contributed by atoms with E-state index in [0.717, 1.165) is 12.8 Å². The molecule has 3 N–H and O–H groups in total. The molecule has 1 aromatic rings. The molecule has 0 atom stereocenters. The number of hydrogen-bond donors (Lipinski definition) is 2. The van der Waals surface area contributed by atoms with Crippen LogP contribution in [0.25, 0.3) is 0 Å². The summed E-state index contributed by atoms with van der Waals surface area (Å²) in [5, 5.41) is 7.29. The van der Waals surface area contributed by atoms with Crippen molar-refractivity contribution < 1.29 is 9.13 Å². The van der Waals surface area contributed by atoms with Crippen molar-refractivity contribution in [1.29, 1.82) is 5.41 Å². The molecule has 17 heavy (non-hydrogen) atoms. The van der Waals surface area contributed by atoms with Crippen molar-refractivity contribution in [2.45, 2.75) is 19.3 Å². The first kappa shape index (κ1) is 12.4. The van der Waals surface area contributed by atoms with Crippen LogP contribution in [0.5, 0.6) is 5.75 Å². The van der Waals surface area contributed by atoms with E-state index in [1.54, 1.807) is 12.1 Å². The van der Waals surface area contributed by atoms with Gasteiger partial charge in [0, 0.05) is 17.9 Å². The van der Waals surface area contributed by atoms with E-state index < -0.39 is 0 Å². The first-order valence-corrected chi connectivity index (χ1v) is 6.21. The van der Waals surface area contributed by atoms with Crippen LogP contribution >= 0.6 is 15.9 Å². The molecule has 0 aliphatic heterocycles. The van der Waals surface area contributed by atoms with Gasteiger partial charge in [0.1, 0.15) is 11.6 Å². The minimum atomic E-state index is -0.334. The minimum absolute atomic E-state index is 0.00931. The number of nitrogens with two attached hydrogens (primary N) is 1. The molecule has 0 unspecified atom stereocenters. The van der Waals surface area contributed by atoms with E-state index >= 15 is 0 Å². The lowest BCUT2D eigenvalue weighted by Crippen LogP contribution is -2.21. The number of benzene rings is 1. The zero-order valence-corrected chi connectivity index (χ0v) is 10.9. The maximum atomic E-state index is 13.2. The molecule has 0 heterocycles. The van der Waals surface area contributed by atoms with Gasteiger partial charge in [-0.05, 0) is 40.9 Å². The summed E-state index contributed by atoms with van der Waals surface area (Å²) < 4.78 is 19.2.